The van der Waals surface area contributed by atoms with Crippen LogP contribution in [0.2, 0.25) is 5.02 Å². The molecule has 3 heterocycles. The summed E-state index contributed by atoms with van der Waals surface area (Å²) in [5, 5.41) is 18.8. The van der Waals surface area contributed by atoms with Gasteiger partial charge in [-0.1, -0.05) is 38.4 Å². The summed E-state index contributed by atoms with van der Waals surface area (Å²) in [5.74, 6) is -0.634. The Morgan fingerprint density at radius 1 is 1.18 bits per heavy atom. The molecule has 0 spiro atoms. The van der Waals surface area contributed by atoms with Crippen molar-refractivity contribution < 1.29 is 13.2 Å². The van der Waals surface area contributed by atoms with E-state index in [-0.39, 0.29) is 5.41 Å². The van der Waals surface area contributed by atoms with E-state index in [1.165, 1.54) is 31.1 Å². The minimum absolute atomic E-state index is 0.0638. The fourth-order valence-corrected chi connectivity index (χ4v) is 4.47. The molecule has 1 atom stereocenters. The summed E-state index contributed by atoms with van der Waals surface area (Å²) in [6.45, 7) is 11.3. The van der Waals surface area contributed by atoms with Gasteiger partial charge >= 0.3 is 0 Å². The summed E-state index contributed by atoms with van der Waals surface area (Å²) in [5.41, 5.74) is 7.75. The Morgan fingerprint density at radius 2 is 1.90 bits per heavy atom. The lowest BCUT2D eigenvalue weighted by Gasteiger charge is -2.33. The second kappa shape index (κ2) is 11.0. The first-order valence-electron chi connectivity index (χ1n) is 12.7. The number of rotatable bonds is 8. The fraction of sp³-hybridized carbons (Fsp3) is 0.393. The molecule has 8 nitrogen and oxygen atoms in total. The van der Waals surface area contributed by atoms with Gasteiger partial charge in [0.1, 0.15) is 11.6 Å². The summed E-state index contributed by atoms with van der Waals surface area (Å²) in [4.78, 5) is 8.36. The Morgan fingerprint density at radius 3 is 2.52 bits per heavy atom. The number of benzene rings is 1. The molecule has 4 rings (SSSR count). The van der Waals surface area contributed by atoms with Gasteiger partial charge < -0.3 is 16.1 Å². The minimum Gasteiger partial charge on any atom is -0.383 e. The molecule has 12 heteroatoms. The molecule has 0 fully saturated rings. The second-order valence-corrected chi connectivity index (χ2v) is 11.9. The van der Waals surface area contributed by atoms with E-state index in [1.54, 1.807) is 25.3 Å². The maximum absolute atomic E-state index is 13.9. The van der Waals surface area contributed by atoms with Crippen LogP contribution in [0.5, 0.6) is 0 Å². The lowest BCUT2D eigenvalue weighted by molar-refractivity contribution is -0.0311. The van der Waals surface area contributed by atoms with Crippen LogP contribution in [-0.4, -0.2) is 33.5 Å². The van der Waals surface area contributed by atoms with Crippen LogP contribution in [0.3, 0.4) is 0 Å². The third kappa shape index (κ3) is 6.03. The molecule has 40 heavy (non-hydrogen) atoms. The molecular weight excluding hydrogens is 541 g/mol. The predicted octanol–water partition coefficient (Wildman–Crippen LogP) is 6.42. The number of nitrogens with one attached hydrogen (secondary N) is 4. The summed E-state index contributed by atoms with van der Waals surface area (Å²) in [6.07, 6.45) is 0.389. The van der Waals surface area contributed by atoms with E-state index in [9.17, 15) is 18.4 Å². The van der Waals surface area contributed by atoms with E-state index in [0.29, 0.717) is 56.4 Å². The molecule has 0 saturated carbocycles. The highest BCUT2D eigenvalue weighted by Gasteiger charge is 2.38. The Bertz CT molecular complexity index is 1490. The fourth-order valence-electron chi connectivity index (χ4n) is 4.20. The van der Waals surface area contributed by atoms with Crippen molar-refractivity contribution in [2.75, 3.05) is 17.2 Å². The van der Waals surface area contributed by atoms with Gasteiger partial charge in [-0.2, -0.15) is 9.65 Å². The second-order valence-electron chi connectivity index (χ2n) is 11.5. The van der Waals surface area contributed by atoms with Gasteiger partial charge in [-0.3, -0.25) is 9.99 Å². The van der Waals surface area contributed by atoms with E-state index in [1.807, 2.05) is 6.07 Å². The maximum Gasteiger partial charge on any atom is 0.262 e. The van der Waals surface area contributed by atoms with Crippen molar-refractivity contribution in [3.63, 3.8) is 0 Å². The van der Waals surface area contributed by atoms with Gasteiger partial charge in [-0.15, -0.1) is 5.53 Å². The topological polar surface area (TPSA) is 101 Å². The first kappa shape index (κ1) is 29.2. The molecule has 1 aliphatic heterocycles. The van der Waals surface area contributed by atoms with Crippen LogP contribution >= 0.6 is 11.6 Å². The first-order chi connectivity index (χ1) is 18.7. The summed E-state index contributed by atoms with van der Waals surface area (Å²) in [6, 6.07) is 7.88. The number of aromatic nitrogens is 2. The largest absolute Gasteiger partial charge is 0.383 e. The van der Waals surface area contributed by atoms with Crippen molar-refractivity contribution in [1.82, 2.24) is 25.9 Å². The van der Waals surface area contributed by atoms with Crippen molar-refractivity contribution in [2.45, 2.75) is 59.5 Å². The number of hydrazine groups is 2. The zero-order valence-electron chi connectivity index (χ0n) is 23.1. The van der Waals surface area contributed by atoms with Gasteiger partial charge in [0.05, 0.1) is 33.5 Å². The number of hydrogen-bond donors (Lipinski definition) is 4. The molecule has 0 unspecified atom stereocenters. The SMILES string of the molecule is Cc1nc(F)ccc1[C@H](Nc1cc(Cl)c2ncc(C#N)c(NCC(C)(C)C)c2c1)C1=CN(C(C)(C)C(F)F)NN1. The van der Waals surface area contributed by atoms with Crippen LogP contribution < -0.4 is 21.6 Å². The molecule has 212 valence electrons. The van der Waals surface area contributed by atoms with Crippen molar-refractivity contribution >= 4 is 33.9 Å². The van der Waals surface area contributed by atoms with Gasteiger partial charge in [0.15, 0.2) is 0 Å². The predicted molar refractivity (Wildman–Crippen MR) is 151 cm³/mol. The van der Waals surface area contributed by atoms with E-state index >= 15 is 0 Å². The van der Waals surface area contributed by atoms with Gasteiger partial charge in [0.2, 0.25) is 5.95 Å². The van der Waals surface area contributed by atoms with Crippen molar-refractivity contribution in [2.24, 2.45) is 5.41 Å². The monoisotopic (exact) mass is 572 g/mol. The zero-order valence-corrected chi connectivity index (χ0v) is 23.9. The molecule has 1 aromatic carbocycles. The van der Waals surface area contributed by atoms with Crippen LogP contribution in [0, 0.1) is 29.6 Å². The molecule has 1 aliphatic rings. The normalized spacial score (nSPS) is 14.7. The average molecular weight is 573 g/mol. The average Bonchev–Trinajstić information content (AvgIpc) is 3.36. The van der Waals surface area contributed by atoms with E-state index in [2.05, 4.69) is 58.4 Å². The quantitative estimate of drug-likeness (QED) is 0.229. The highest BCUT2D eigenvalue weighted by Crippen LogP contribution is 2.37. The number of fused-ring (bicyclic) bond motifs is 1. The Labute approximate surface area is 236 Å². The molecule has 0 aliphatic carbocycles. The van der Waals surface area contributed by atoms with Gasteiger partial charge in [-0.25, -0.2) is 13.8 Å². The highest BCUT2D eigenvalue weighted by atomic mass is 35.5. The standard InChI is InChI=1S/C28H32ClF3N8/c1-15-18(7-8-22(30)36-15)25(21-13-40(39-38-21)28(5,6)26(31)32)37-17-9-19-23(35-14-27(2,3)4)16(11-33)12-34-24(19)20(29)10-17/h7-10,12-13,25-26,37-39H,14H2,1-6H3,(H,34,35)/t25-/m0/s1. The number of nitriles is 1. The number of hydrogen-bond acceptors (Lipinski definition) is 8. The number of pyridine rings is 2. The minimum atomic E-state index is -2.64. The number of anilines is 2. The summed E-state index contributed by atoms with van der Waals surface area (Å²) >= 11 is 6.67. The Kier molecular flexibility index (Phi) is 8.06. The summed E-state index contributed by atoms with van der Waals surface area (Å²) in [7, 11) is 0. The number of nitrogens with zero attached hydrogens (tertiary/aromatic N) is 4. The number of alkyl halides is 2. The number of halogens is 4. The Balaban J connectivity index is 1.82. The molecule has 0 saturated heterocycles. The van der Waals surface area contributed by atoms with Crippen LogP contribution in [0.1, 0.15) is 57.5 Å². The van der Waals surface area contributed by atoms with Gasteiger partial charge in [0, 0.05) is 41.3 Å². The molecule has 0 bridgehead atoms. The number of aryl methyl sites for hydroxylation is 1. The van der Waals surface area contributed by atoms with Crippen LogP contribution in [0.15, 0.2) is 42.4 Å². The molecule has 2 aromatic heterocycles. The molecular formula is C28H32ClF3N8. The van der Waals surface area contributed by atoms with Gasteiger partial charge in [0.25, 0.3) is 6.43 Å². The smallest absolute Gasteiger partial charge is 0.262 e. The first-order valence-corrected chi connectivity index (χ1v) is 13.1. The lowest BCUT2D eigenvalue weighted by atomic mass is 9.96. The highest BCUT2D eigenvalue weighted by molar-refractivity contribution is 6.35. The molecule has 0 amide bonds. The van der Waals surface area contributed by atoms with Crippen molar-refractivity contribution in [1.29, 1.82) is 5.26 Å². The molecule has 3 aromatic rings. The third-order valence-electron chi connectivity index (χ3n) is 6.61. The van der Waals surface area contributed by atoms with Crippen LogP contribution in [-0.2, 0) is 0 Å². The van der Waals surface area contributed by atoms with Crippen molar-refractivity contribution in [3.8, 4) is 6.07 Å². The molecule has 0 radical (unpaired) electrons. The van der Waals surface area contributed by atoms with Crippen LogP contribution in [0.4, 0.5) is 24.5 Å². The zero-order chi connectivity index (χ0) is 29.4. The third-order valence-corrected chi connectivity index (χ3v) is 6.90. The molecule has 4 N–H and O–H groups in total. The van der Waals surface area contributed by atoms with Crippen molar-refractivity contribution in [3.05, 3.63) is 70.2 Å². The van der Waals surface area contributed by atoms with Crippen LogP contribution in [0.25, 0.3) is 10.9 Å². The van der Waals surface area contributed by atoms with E-state index in [4.69, 9.17) is 11.6 Å². The van der Waals surface area contributed by atoms with E-state index in [0.717, 1.165) is 0 Å². The van der Waals surface area contributed by atoms with E-state index < -0.39 is 24.0 Å². The maximum atomic E-state index is 13.9. The Hall–Kier alpha value is -3.75. The lowest BCUT2D eigenvalue weighted by Crippen LogP contribution is -2.53. The van der Waals surface area contributed by atoms with Gasteiger partial charge in [-0.05, 0) is 44.4 Å². The summed E-state index contributed by atoms with van der Waals surface area (Å²) < 4.78 is 41.4.